The quantitative estimate of drug-likeness (QED) is 0.339. The van der Waals surface area contributed by atoms with Crippen LogP contribution in [0.2, 0.25) is 0 Å². The Bertz CT molecular complexity index is 1160. The molecule has 2 saturated carbocycles. The van der Waals surface area contributed by atoms with Crippen molar-refractivity contribution < 1.29 is 22.7 Å². The maximum absolute atomic E-state index is 12.7. The van der Waals surface area contributed by atoms with Crippen LogP contribution >= 0.6 is 0 Å². The van der Waals surface area contributed by atoms with Crippen LogP contribution in [0.25, 0.3) is 22.0 Å². The van der Waals surface area contributed by atoms with Crippen molar-refractivity contribution in [1.82, 2.24) is 4.57 Å². The van der Waals surface area contributed by atoms with Crippen molar-refractivity contribution in [2.45, 2.75) is 83.5 Å². The first-order chi connectivity index (χ1) is 17.9. The second-order valence-electron chi connectivity index (χ2n) is 10.5. The first kappa shape index (κ1) is 27.1. The summed E-state index contributed by atoms with van der Waals surface area (Å²) in [6.07, 6.45) is 12.3. The van der Waals surface area contributed by atoms with Gasteiger partial charge in [0.2, 0.25) is 6.41 Å². The van der Waals surface area contributed by atoms with E-state index in [0.29, 0.717) is 0 Å². The molecule has 0 atom stereocenters. The molecule has 0 bridgehead atoms. The molecule has 4 nitrogen and oxygen atoms in total. The Morgan fingerprint density at radius 2 is 1.51 bits per heavy atom. The Morgan fingerprint density at radius 1 is 0.892 bits per heavy atom. The molecule has 0 saturated heterocycles. The van der Waals surface area contributed by atoms with Gasteiger partial charge in [0.15, 0.2) is 0 Å². The van der Waals surface area contributed by atoms with Gasteiger partial charge in [0.05, 0.1) is 0 Å². The summed E-state index contributed by atoms with van der Waals surface area (Å²) in [5, 5.41) is 1.25. The zero-order chi connectivity index (χ0) is 26.3. The van der Waals surface area contributed by atoms with Crippen LogP contribution in [0.1, 0.15) is 69.8 Å². The molecule has 0 unspecified atom stereocenters. The van der Waals surface area contributed by atoms with E-state index in [2.05, 4.69) is 33.4 Å². The van der Waals surface area contributed by atoms with Crippen LogP contribution in [0.3, 0.4) is 0 Å². The van der Waals surface area contributed by atoms with Gasteiger partial charge in [0.1, 0.15) is 5.75 Å². The molecule has 5 rings (SSSR count). The number of hydrogen-bond donors (Lipinski definition) is 1. The minimum atomic E-state index is -4.69. The number of fused-ring (bicyclic) bond motifs is 1. The second-order valence-corrected chi connectivity index (χ2v) is 10.5. The minimum absolute atomic E-state index is 0.178. The molecule has 2 aliphatic carbocycles. The molecule has 1 amide bonds. The monoisotopic (exact) mass is 514 g/mol. The van der Waals surface area contributed by atoms with E-state index in [0.717, 1.165) is 35.9 Å². The van der Waals surface area contributed by atoms with Gasteiger partial charge in [-0.3, -0.25) is 4.79 Å². The van der Waals surface area contributed by atoms with Crippen molar-refractivity contribution in [1.29, 1.82) is 0 Å². The highest BCUT2D eigenvalue weighted by atomic mass is 19.4. The molecule has 200 valence electrons. The number of nitrogens with two attached hydrogens (primary N) is 1. The number of aromatic nitrogens is 1. The lowest BCUT2D eigenvalue weighted by atomic mass is 9.84. The number of primary amides is 1. The van der Waals surface area contributed by atoms with Crippen LogP contribution in [0, 0.1) is 11.8 Å². The largest absolute Gasteiger partial charge is 0.573 e. The highest BCUT2D eigenvalue weighted by Gasteiger charge is 2.31. The van der Waals surface area contributed by atoms with Gasteiger partial charge in [0, 0.05) is 23.6 Å². The molecule has 1 aromatic heterocycles. The number of ether oxygens (including phenoxy) is 1. The predicted molar refractivity (Wildman–Crippen MR) is 141 cm³/mol. The molecule has 0 radical (unpaired) electrons. The third kappa shape index (κ3) is 7.53. The summed E-state index contributed by atoms with van der Waals surface area (Å²) in [7, 11) is 0. The average Bonchev–Trinajstić information content (AvgIpc) is 3.21. The van der Waals surface area contributed by atoms with Crippen LogP contribution in [-0.2, 0) is 17.8 Å². The highest BCUT2D eigenvalue weighted by Crippen LogP contribution is 2.35. The summed E-state index contributed by atoms with van der Waals surface area (Å²) in [5.41, 5.74) is 8.48. The van der Waals surface area contributed by atoms with Crippen molar-refractivity contribution in [3.8, 4) is 16.9 Å². The fraction of sp³-hybridized carbons (Fsp3) is 0.500. The van der Waals surface area contributed by atoms with E-state index in [9.17, 15) is 13.2 Å². The number of hydrogen-bond acceptors (Lipinski definition) is 2. The molecule has 2 aromatic carbocycles. The Morgan fingerprint density at radius 3 is 2.16 bits per heavy atom. The smallest absolute Gasteiger partial charge is 0.406 e. The molecule has 2 fully saturated rings. The Balaban J connectivity index is 0.00000102. The fourth-order valence-corrected chi connectivity index (χ4v) is 6.09. The maximum Gasteiger partial charge on any atom is 0.573 e. The van der Waals surface area contributed by atoms with E-state index in [-0.39, 0.29) is 12.2 Å². The van der Waals surface area contributed by atoms with E-state index in [1.165, 1.54) is 92.8 Å². The molecule has 1 heterocycles. The van der Waals surface area contributed by atoms with Crippen molar-refractivity contribution in [2.75, 3.05) is 0 Å². The van der Waals surface area contributed by atoms with Crippen LogP contribution in [0.4, 0.5) is 13.2 Å². The molecular weight excluding hydrogens is 477 g/mol. The average molecular weight is 515 g/mol. The van der Waals surface area contributed by atoms with Gasteiger partial charge in [-0.15, -0.1) is 13.2 Å². The number of halogens is 3. The highest BCUT2D eigenvalue weighted by molar-refractivity contribution is 5.89. The SMILES string of the molecule is FC(F)(F)Oc1cccc(-c2ccc3c(c2)c(CC2CCCCC2)cn3CC2CCCCC2)c1.NC=O. The fourth-order valence-electron chi connectivity index (χ4n) is 6.09. The number of alkyl halides is 3. The van der Waals surface area contributed by atoms with E-state index in [1.807, 2.05) is 12.1 Å². The summed E-state index contributed by atoms with van der Waals surface area (Å²) >= 11 is 0. The standard InChI is InChI=1S/C29H34F3NO.CH3NO/c30-29(31,32)34-26-13-7-12-23(17-26)24-14-15-28-27(18-24)25(16-21-8-3-1-4-9-21)20-33(28)19-22-10-5-2-6-11-22;2-1-3/h7,12-15,17-18,20-22H,1-6,8-11,16,19H2;1H,(H2,2,3). The molecular formula is C30H37F3N2O2. The third-order valence-corrected chi connectivity index (χ3v) is 7.78. The first-order valence-electron chi connectivity index (χ1n) is 13.5. The second kappa shape index (κ2) is 12.5. The number of carbonyl (C=O) groups is 1. The van der Waals surface area contributed by atoms with Crippen molar-refractivity contribution in [3.05, 3.63) is 54.2 Å². The zero-order valence-electron chi connectivity index (χ0n) is 21.3. The first-order valence-corrected chi connectivity index (χ1v) is 13.5. The van der Waals surface area contributed by atoms with Crippen LogP contribution < -0.4 is 10.5 Å². The number of amides is 1. The van der Waals surface area contributed by atoms with Gasteiger partial charge in [-0.2, -0.15) is 0 Å². The van der Waals surface area contributed by atoms with E-state index in [4.69, 9.17) is 4.79 Å². The molecule has 0 spiro atoms. The molecule has 2 aliphatic rings. The zero-order valence-corrected chi connectivity index (χ0v) is 21.3. The van der Waals surface area contributed by atoms with Crippen molar-refractivity contribution >= 4 is 17.3 Å². The molecule has 3 aromatic rings. The summed E-state index contributed by atoms with van der Waals surface area (Å²) < 4.78 is 44.8. The lowest BCUT2D eigenvalue weighted by Gasteiger charge is -2.22. The van der Waals surface area contributed by atoms with E-state index < -0.39 is 6.36 Å². The van der Waals surface area contributed by atoms with Gasteiger partial charge in [0.25, 0.3) is 0 Å². The van der Waals surface area contributed by atoms with Gasteiger partial charge in [-0.1, -0.05) is 69.6 Å². The lowest BCUT2D eigenvalue weighted by molar-refractivity contribution is -0.274. The summed E-state index contributed by atoms with van der Waals surface area (Å²) in [6, 6.07) is 12.7. The van der Waals surface area contributed by atoms with Crippen molar-refractivity contribution in [3.63, 3.8) is 0 Å². The predicted octanol–water partition coefficient (Wildman–Crippen LogP) is 8.01. The number of carbonyl (C=O) groups excluding carboxylic acids is 1. The van der Waals surface area contributed by atoms with Gasteiger partial charge in [-0.25, -0.2) is 0 Å². The van der Waals surface area contributed by atoms with Gasteiger partial charge >= 0.3 is 6.36 Å². The number of nitrogens with zero attached hydrogens (tertiary/aromatic N) is 1. The summed E-state index contributed by atoms with van der Waals surface area (Å²) in [6.45, 7) is 1.06. The van der Waals surface area contributed by atoms with Crippen LogP contribution in [0.15, 0.2) is 48.7 Å². The maximum atomic E-state index is 12.7. The van der Waals surface area contributed by atoms with Crippen LogP contribution in [-0.4, -0.2) is 17.3 Å². The van der Waals surface area contributed by atoms with Crippen LogP contribution in [0.5, 0.6) is 5.75 Å². The van der Waals surface area contributed by atoms with Gasteiger partial charge < -0.3 is 15.0 Å². The Hall–Kier alpha value is -2.96. The molecule has 7 heteroatoms. The normalized spacial score (nSPS) is 17.3. The van der Waals surface area contributed by atoms with Crippen molar-refractivity contribution in [2.24, 2.45) is 17.6 Å². The third-order valence-electron chi connectivity index (χ3n) is 7.78. The number of benzene rings is 2. The Labute approximate surface area is 217 Å². The van der Waals surface area contributed by atoms with E-state index >= 15 is 0 Å². The minimum Gasteiger partial charge on any atom is -0.406 e. The lowest BCUT2D eigenvalue weighted by Crippen LogP contribution is -2.17. The summed E-state index contributed by atoms with van der Waals surface area (Å²) in [4.78, 5) is 8.58. The van der Waals surface area contributed by atoms with E-state index in [1.54, 1.807) is 6.07 Å². The van der Waals surface area contributed by atoms with Gasteiger partial charge in [-0.05, 0) is 72.1 Å². The Kier molecular flexibility index (Phi) is 9.17. The molecule has 2 N–H and O–H groups in total. The molecule has 37 heavy (non-hydrogen) atoms. The molecule has 0 aliphatic heterocycles. The topological polar surface area (TPSA) is 57.2 Å². The summed E-state index contributed by atoms with van der Waals surface area (Å²) in [5.74, 6) is 1.29. The number of rotatable bonds is 6.